The van der Waals surface area contributed by atoms with E-state index in [1.807, 2.05) is 0 Å². The molecule has 0 rings (SSSR count). The van der Waals surface area contributed by atoms with Crippen LogP contribution in [-0.4, -0.2) is 26.3 Å². The summed E-state index contributed by atoms with van der Waals surface area (Å²) in [5.41, 5.74) is 0.415. The van der Waals surface area contributed by atoms with Gasteiger partial charge in [0.1, 0.15) is 0 Å². The van der Waals surface area contributed by atoms with E-state index in [2.05, 4.69) is 33.0 Å². The quantitative estimate of drug-likeness (QED) is 0.565. The predicted molar refractivity (Wildman–Crippen MR) is 67.3 cm³/mol. The Morgan fingerprint density at radius 1 is 1.00 bits per heavy atom. The summed E-state index contributed by atoms with van der Waals surface area (Å²) >= 11 is 0. The van der Waals surface area contributed by atoms with Crippen LogP contribution in [0, 0.1) is 5.41 Å². The fraction of sp³-hybridized carbons (Fsp3) is 1.00. The topological polar surface area (TPSA) is 21.3 Å². The zero-order chi connectivity index (χ0) is 11.6. The maximum Gasteiger partial charge on any atom is 0.0471 e. The van der Waals surface area contributed by atoms with Crippen molar-refractivity contribution in [2.75, 3.05) is 26.3 Å². The van der Waals surface area contributed by atoms with Gasteiger partial charge in [-0.25, -0.2) is 0 Å². The minimum Gasteiger partial charge on any atom is -0.381 e. The Morgan fingerprint density at radius 3 is 2.27 bits per heavy atom. The summed E-state index contributed by atoms with van der Waals surface area (Å²) < 4.78 is 5.58. The molecule has 0 aliphatic heterocycles. The van der Waals surface area contributed by atoms with E-state index < -0.39 is 0 Å². The van der Waals surface area contributed by atoms with Gasteiger partial charge in [-0.2, -0.15) is 0 Å². The molecule has 2 nitrogen and oxygen atoms in total. The van der Waals surface area contributed by atoms with Crippen molar-refractivity contribution in [2.45, 2.75) is 53.4 Å². The van der Waals surface area contributed by atoms with Crippen molar-refractivity contribution in [3.63, 3.8) is 0 Å². The first kappa shape index (κ1) is 14.9. The van der Waals surface area contributed by atoms with Crippen molar-refractivity contribution in [2.24, 2.45) is 5.41 Å². The molecule has 2 heteroatoms. The summed E-state index contributed by atoms with van der Waals surface area (Å²) in [7, 11) is 0. The third-order valence-electron chi connectivity index (χ3n) is 2.85. The van der Waals surface area contributed by atoms with Crippen molar-refractivity contribution >= 4 is 0 Å². The van der Waals surface area contributed by atoms with Crippen LogP contribution in [0.3, 0.4) is 0 Å². The van der Waals surface area contributed by atoms with Crippen molar-refractivity contribution in [1.82, 2.24) is 5.32 Å². The van der Waals surface area contributed by atoms with Gasteiger partial charge in [0.25, 0.3) is 0 Å². The normalized spacial score (nSPS) is 15.2. The molecule has 0 radical (unpaired) electrons. The van der Waals surface area contributed by atoms with E-state index in [0.29, 0.717) is 5.41 Å². The predicted octanol–water partition coefficient (Wildman–Crippen LogP) is 3.22. The van der Waals surface area contributed by atoms with Crippen LogP contribution in [0.4, 0.5) is 0 Å². The number of hydrogen-bond donors (Lipinski definition) is 1. The van der Waals surface area contributed by atoms with Gasteiger partial charge >= 0.3 is 0 Å². The molecule has 0 aromatic heterocycles. The van der Waals surface area contributed by atoms with E-state index in [0.717, 1.165) is 32.7 Å². The van der Waals surface area contributed by atoms with Gasteiger partial charge in [0, 0.05) is 19.8 Å². The molecule has 0 saturated carbocycles. The molecular formula is C13H29NO. The molecule has 92 valence electrons. The Morgan fingerprint density at radius 2 is 1.73 bits per heavy atom. The number of hydrogen-bond acceptors (Lipinski definition) is 2. The van der Waals surface area contributed by atoms with E-state index in [1.54, 1.807) is 0 Å². The van der Waals surface area contributed by atoms with Gasteiger partial charge in [0.15, 0.2) is 0 Å². The highest BCUT2D eigenvalue weighted by Gasteiger charge is 2.22. The zero-order valence-electron chi connectivity index (χ0n) is 11.1. The van der Waals surface area contributed by atoms with E-state index in [4.69, 9.17) is 4.74 Å². The summed E-state index contributed by atoms with van der Waals surface area (Å²) in [6.45, 7) is 13.0. The SMILES string of the molecule is CCCOCCC(C)(CCC)CNCC. The second kappa shape index (κ2) is 9.17. The third-order valence-corrected chi connectivity index (χ3v) is 2.85. The van der Waals surface area contributed by atoms with Gasteiger partial charge in [-0.05, 0) is 31.2 Å². The molecular weight excluding hydrogens is 186 g/mol. The third kappa shape index (κ3) is 7.80. The monoisotopic (exact) mass is 215 g/mol. The molecule has 15 heavy (non-hydrogen) atoms. The van der Waals surface area contributed by atoms with Crippen LogP contribution in [0.5, 0.6) is 0 Å². The molecule has 0 heterocycles. The van der Waals surface area contributed by atoms with E-state index >= 15 is 0 Å². The number of nitrogens with one attached hydrogen (secondary N) is 1. The largest absolute Gasteiger partial charge is 0.381 e. The van der Waals surface area contributed by atoms with E-state index in [9.17, 15) is 0 Å². The molecule has 0 fully saturated rings. The van der Waals surface area contributed by atoms with Crippen molar-refractivity contribution in [3.8, 4) is 0 Å². The molecule has 0 aliphatic carbocycles. The Bertz CT molecular complexity index is 138. The van der Waals surface area contributed by atoms with Gasteiger partial charge in [0.2, 0.25) is 0 Å². The van der Waals surface area contributed by atoms with Gasteiger partial charge in [-0.15, -0.1) is 0 Å². The molecule has 1 atom stereocenters. The summed E-state index contributed by atoms with van der Waals surface area (Å²) in [4.78, 5) is 0. The van der Waals surface area contributed by atoms with E-state index in [1.165, 1.54) is 19.3 Å². The number of rotatable bonds is 10. The summed E-state index contributed by atoms with van der Waals surface area (Å²) in [6, 6.07) is 0. The van der Waals surface area contributed by atoms with Crippen molar-refractivity contribution in [3.05, 3.63) is 0 Å². The summed E-state index contributed by atoms with van der Waals surface area (Å²) in [5.74, 6) is 0. The van der Waals surface area contributed by atoms with Crippen LogP contribution in [-0.2, 0) is 4.74 Å². The molecule has 0 bridgehead atoms. The molecule has 0 aliphatic rings. The first-order valence-corrected chi connectivity index (χ1v) is 6.47. The second-order valence-electron chi connectivity index (χ2n) is 4.70. The highest BCUT2D eigenvalue weighted by Crippen LogP contribution is 2.26. The van der Waals surface area contributed by atoms with Crippen LogP contribution < -0.4 is 5.32 Å². The Kier molecular flexibility index (Phi) is 9.12. The first-order valence-electron chi connectivity index (χ1n) is 6.47. The fourth-order valence-electron chi connectivity index (χ4n) is 1.90. The van der Waals surface area contributed by atoms with Gasteiger partial charge < -0.3 is 10.1 Å². The zero-order valence-corrected chi connectivity index (χ0v) is 11.1. The Balaban J connectivity index is 3.78. The minimum atomic E-state index is 0.415. The van der Waals surface area contributed by atoms with Gasteiger partial charge in [-0.1, -0.05) is 34.1 Å². The van der Waals surface area contributed by atoms with E-state index in [-0.39, 0.29) is 0 Å². The second-order valence-corrected chi connectivity index (χ2v) is 4.70. The smallest absolute Gasteiger partial charge is 0.0471 e. The average Bonchev–Trinajstić information content (AvgIpc) is 2.22. The van der Waals surface area contributed by atoms with Crippen molar-refractivity contribution in [1.29, 1.82) is 0 Å². The van der Waals surface area contributed by atoms with Crippen molar-refractivity contribution < 1.29 is 4.74 Å². The minimum absolute atomic E-state index is 0.415. The molecule has 0 aromatic rings. The Hall–Kier alpha value is -0.0800. The van der Waals surface area contributed by atoms with Crippen LogP contribution in [0.15, 0.2) is 0 Å². The van der Waals surface area contributed by atoms with Crippen LogP contribution in [0.1, 0.15) is 53.4 Å². The molecule has 1 unspecified atom stereocenters. The maximum atomic E-state index is 5.58. The molecule has 0 aromatic carbocycles. The summed E-state index contributed by atoms with van der Waals surface area (Å²) in [5, 5.41) is 3.46. The lowest BCUT2D eigenvalue weighted by atomic mass is 9.82. The highest BCUT2D eigenvalue weighted by atomic mass is 16.5. The fourth-order valence-corrected chi connectivity index (χ4v) is 1.90. The molecule has 0 saturated heterocycles. The lowest BCUT2D eigenvalue weighted by Gasteiger charge is -2.29. The van der Waals surface area contributed by atoms with Crippen LogP contribution >= 0.6 is 0 Å². The number of ether oxygens (including phenoxy) is 1. The summed E-state index contributed by atoms with van der Waals surface area (Å²) in [6.07, 6.45) is 4.84. The molecule has 1 N–H and O–H groups in total. The maximum absolute atomic E-state index is 5.58. The van der Waals surface area contributed by atoms with Crippen LogP contribution in [0.25, 0.3) is 0 Å². The standard InChI is InChI=1S/C13H29NO/c1-5-8-13(4,12-14-7-3)9-11-15-10-6-2/h14H,5-12H2,1-4H3. The lowest BCUT2D eigenvalue weighted by molar-refractivity contribution is 0.0950. The highest BCUT2D eigenvalue weighted by molar-refractivity contribution is 4.76. The molecule has 0 amide bonds. The Labute approximate surface area is 95.8 Å². The van der Waals surface area contributed by atoms with Gasteiger partial charge in [-0.3, -0.25) is 0 Å². The average molecular weight is 215 g/mol. The lowest BCUT2D eigenvalue weighted by Crippen LogP contribution is -2.32. The van der Waals surface area contributed by atoms with Crippen LogP contribution in [0.2, 0.25) is 0 Å². The van der Waals surface area contributed by atoms with Gasteiger partial charge in [0.05, 0.1) is 0 Å². The molecule has 0 spiro atoms. The first-order chi connectivity index (χ1) is 7.18.